The first-order chi connectivity index (χ1) is 7.88. The van der Waals surface area contributed by atoms with E-state index in [-0.39, 0.29) is 10.8 Å². The maximum atomic E-state index is 13.0. The van der Waals surface area contributed by atoms with E-state index in [0.717, 1.165) is 6.26 Å². The summed E-state index contributed by atoms with van der Waals surface area (Å²) in [5, 5.41) is 3.69. The van der Waals surface area contributed by atoms with Crippen LogP contribution in [0, 0.1) is 5.82 Å². The molecule has 5 nitrogen and oxygen atoms in total. The number of hydrogen-bond acceptors (Lipinski definition) is 4. The molecule has 2 rings (SSSR count). The Kier molecular flexibility index (Phi) is 2.62. The topological polar surface area (TPSA) is 78.0 Å². The minimum Gasteiger partial charge on any atom is -0.384 e. The van der Waals surface area contributed by atoms with Gasteiger partial charge in [0.15, 0.2) is 14.9 Å². The van der Waals surface area contributed by atoms with Gasteiger partial charge < -0.3 is 5.73 Å². The van der Waals surface area contributed by atoms with Crippen molar-refractivity contribution in [2.75, 3.05) is 12.0 Å². The van der Waals surface area contributed by atoms with Gasteiger partial charge in [0.25, 0.3) is 0 Å². The fourth-order valence-corrected chi connectivity index (χ4v) is 1.93. The molecule has 0 saturated carbocycles. The quantitative estimate of drug-likeness (QED) is 0.868. The second kappa shape index (κ2) is 3.85. The summed E-state index contributed by atoms with van der Waals surface area (Å²) in [6.45, 7) is 0. The predicted octanol–water partition coefficient (Wildman–Crippen LogP) is 0.997. The number of sulfone groups is 1. The number of rotatable bonds is 2. The van der Waals surface area contributed by atoms with Gasteiger partial charge in [-0.1, -0.05) is 6.07 Å². The van der Waals surface area contributed by atoms with Crippen LogP contribution in [0.25, 0.3) is 5.69 Å². The first-order valence-electron chi connectivity index (χ1n) is 4.69. The molecular formula is C10H10FN3O2S. The molecule has 90 valence electrons. The number of halogens is 1. The lowest BCUT2D eigenvalue weighted by atomic mass is 10.3. The molecule has 0 radical (unpaired) electrons. The molecule has 0 fully saturated rings. The van der Waals surface area contributed by atoms with Crippen LogP contribution < -0.4 is 5.73 Å². The molecule has 0 unspecified atom stereocenters. The Morgan fingerprint density at radius 2 is 2.06 bits per heavy atom. The van der Waals surface area contributed by atoms with Gasteiger partial charge in [-0.2, -0.15) is 5.10 Å². The summed E-state index contributed by atoms with van der Waals surface area (Å²) in [4.78, 5) is 0. The molecule has 0 aliphatic rings. The Bertz CT molecular complexity index is 664. The predicted molar refractivity (Wildman–Crippen MR) is 61.0 cm³/mol. The molecule has 0 aliphatic heterocycles. The first-order valence-corrected chi connectivity index (χ1v) is 6.58. The van der Waals surface area contributed by atoms with Gasteiger partial charge in [-0.25, -0.2) is 17.5 Å². The van der Waals surface area contributed by atoms with E-state index in [1.54, 1.807) is 6.07 Å². The minimum absolute atomic E-state index is 0.135. The van der Waals surface area contributed by atoms with E-state index in [0.29, 0.717) is 5.69 Å². The number of nitrogens with two attached hydrogens (primary N) is 1. The van der Waals surface area contributed by atoms with Gasteiger partial charge in [-0.05, 0) is 18.2 Å². The smallest absolute Gasteiger partial charge is 0.194 e. The second-order valence-electron chi connectivity index (χ2n) is 3.57. The van der Waals surface area contributed by atoms with Crippen molar-refractivity contribution in [3.05, 3.63) is 36.1 Å². The molecule has 2 aromatic rings. The highest BCUT2D eigenvalue weighted by molar-refractivity contribution is 7.90. The Morgan fingerprint density at radius 1 is 1.35 bits per heavy atom. The van der Waals surface area contributed by atoms with Gasteiger partial charge in [-0.15, -0.1) is 0 Å². The number of nitrogens with zero attached hydrogens (tertiary/aromatic N) is 2. The zero-order valence-electron chi connectivity index (χ0n) is 8.96. The SMILES string of the molecule is CS(=O)(=O)c1cc(N)n(-c2cccc(F)c2)n1. The molecule has 2 N–H and O–H groups in total. The molecule has 1 aromatic carbocycles. The Labute approximate surface area is 97.6 Å². The Morgan fingerprint density at radius 3 is 2.59 bits per heavy atom. The summed E-state index contributed by atoms with van der Waals surface area (Å²) < 4.78 is 36.8. The van der Waals surface area contributed by atoms with Crippen LogP contribution in [0.3, 0.4) is 0 Å². The van der Waals surface area contributed by atoms with Crippen molar-refractivity contribution in [3.63, 3.8) is 0 Å². The van der Waals surface area contributed by atoms with Crippen molar-refractivity contribution >= 4 is 15.7 Å². The number of nitrogen functional groups attached to an aromatic ring is 1. The van der Waals surface area contributed by atoms with Crippen LogP contribution in [0.1, 0.15) is 0 Å². The molecule has 0 amide bonds. The molecule has 17 heavy (non-hydrogen) atoms. The lowest BCUT2D eigenvalue weighted by Gasteiger charge is -2.02. The molecule has 0 spiro atoms. The summed E-state index contributed by atoms with van der Waals surface area (Å²) in [6.07, 6.45) is 1.03. The number of hydrogen-bond donors (Lipinski definition) is 1. The average molecular weight is 255 g/mol. The van der Waals surface area contributed by atoms with E-state index in [1.807, 2.05) is 0 Å². The molecule has 7 heteroatoms. The van der Waals surface area contributed by atoms with Gasteiger partial charge in [0.2, 0.25) is 0 Å². The number of aromatic nitrogens is 2. The van der Waals surface area contributed by atoms with Crippen molar-refractivity contribution in [1.29, 1.82) is 0 Å². The average Bonchev–Trinajstić information content (AvgIpc) is 2.60. The van der Waals surface area contributed by atoms with Crippen molar-refractivity contribution in [2.24, 2.45) is 0 Å². The third-order valence-electron chi connectivity index (χ3n) is 2.15. The van der Waals surface area contributed by atoms with Crippen molar-refractivity contribution in [3.8, 4) is 5.69 Å². The van der Waals surface area contributed by atoms with Gasteiger partial charge in [0.05, 0.1) is 5.69 Å². The summed E-state index contributed by atoms with van der Waals surface area (Å²) >= 11 is 0. The summed E-state index contributed by atoms with van der Waals surface area (Å²) in [5.41, 5.74) is 6.01. The van der Waals surface area contributed by atoms with E-state index in [1.165, 1.54) is 28.9 Å². The van der Waals surface area contributed by atoms with Crippen LogP contribution >= 0.6 is 0 Å². The fourth-order valence-electron chi connectivity index (χ4n) is 1.37. The van der Waals surface area contributed by atoms with Crippen molar-refractivity contribution < 1.29 is 12.8 Å². The first kappa shape index (κ1) is 11.6. The lowest BCUT2D eigenvalue weighted by molar-refractivity contribution is 0.596. The third-order valence-corrected chi connectivity index (χ3v) is 3.11. The molecule has 1 heterocycles. The van der Waals surface area contributed by atoms with Crippen LogP contribution in [-0.2, 0) is 9.84 Å². The maximum Gasteiger partial charge on any atom is 0.194 e. The largest absolute Gasteiger partial charge is 0.384 e. The van der Waals surface area contributed by atoms with Crippen molar-refractivity contribution in [2.45, 2.75) is 5.03 Å². The summed E-state index contributed by atoms with van der Waals surface area (Å²) in [7, 11) is -3.43. The second-order valence-corrected chi connectivity index (χ2v) is 5.53. The fraction of sp³-hybridized carbons (Fsp3) is 0.100. The Hall–Kier alpha value is -1.89. The summed E-state index contributed by atoms with van der Waals surface area (Å²) in [6, 6.07) is 6.81. The molecule has 0 aliphatic carbocycles. The molecule has 0 bridgehead atoms. The van der Waals surface area contributed by atoms with Crippen molar-refractivity contribution in [1.82, 2.24) is 9.78 Å². The lowest BCUT2D eigenvalue weighted by Crippen LogP contribution is -2.03. The van der Waals surface area contributed by atoms with Gasteiger partial charge in [0, 0.05) is 12.3 Å². The van der Waals surface area contributed by atoms with Crippen LogP contribution in [0.15, 0.2) is 35.4 Å². The third kappa shape index (κ3) is 2.28. The van der Waals surface area contributed by atoms with E-state index in [4.69, 9.17) is 5.73 Å². The maximum absolute atomic E-state index is 13.0. The highest BCUT2D eigenvalue weighted by atomic mass is 32.2. The van der Waals surface area contributed by atoms with Crippen LogP contribution in [-0.4, -0.2) is 24.5 Å². The number of anilines is 1. The van der Waals surface area contributed by atoms with Crippen LogP contribution in [0.2, 0.25) is 0 Å². The minimum atomic E-state index is -3.43. The van der Waals surface area contributed by atoms with E-state index in [9.17, 15) is 12.8 Å². The highest BCUT2D eigenvalue weighted by Gasteiger charge is 2.15. The Balaban J connectivity index is 2.58. The standard InChI is InChI=1S/C10H10FN3O2S/c1-17(15,16)10-6-9(12)14(13-10)8-4-2-3-7(11)5-8/h2-6H,12H2,1H3. The van der Waals surface area contributed by atoms with Crippen LogP contribution in [0.5, 0.6) is 0 Å². The summed E-state index contributed by atoms with van der Waals surface area (Å²) in [5.74, 6) is -0.311. The zero-order valence-corrected chi connectivity index (χ0v) is 9.78. The van der Waals surface area contributed by atoms with E-state index >= 15 is 0 Å². The highest BCUT2D eigenvalue weighted by Crippen LogP contribution is 2.17. The number of benzene rings is 1. The van der Waals surface area contributed by atoms with E-state index in [2.05, 4.69) is 5.10 Å². The molecule has 0 atom stereocenters. The van der Waals surface area contributed by atoms with Gasteiger partial charge in [-0.3, -0.25) is 0 Å². The monoisotopic (exact) mass is 255 g/mol. The van der Waals surface area contributed by atoms with E-state index < -0.39 is 15.7 Å². The molecule has 0 saturated heterocycles. The molecule has 1 aromatic heterocycles. The molecular weight excluding hydrogens is 245 g/mol. The van der Waals surface area contributed by atoms with Gasteiger partial charge in [0.1, 0.15) is 11.6 Å². The normalized spacial score (nSPS) is 11.6. The van der Waals surface area contributed by atoms with Crippen LogP contribution in [0.4, 0.5) is 10.2 Å². The zero-order chi connectivity index (χ0) is 12.6. The van der Waals surface area contributed by atoms with Gasteiger partial charge >= 0.3 is 0 Å².